The number of nitrogens with one attached hydrogen (secondary N) is 4. The van der Waals surface area contributed by atoms with Gasteiger partial charge in [-0.25, -0.2) is 0 Å². The number of aromatic amines is 1. The van der Waals surface area contributed by atoms with E-state index in [0.717, 1.165) is 32.4 Å². The Kier molecular flexibility index (Phi) is 6.42. The first kappa shape index (κ1) is 21.6. The van der Waals surface area contributed by atoms with Crippen molar-refractivity contribution < 1.29 is 19.1 Å². The average molecular weight is 434 g/mol. The molecule has 4 heterocycles. The summed E-state index contributed by atoms with van der Waals surface area (Å²) in [5.41, 5.74) is 5.74. The van der Waals surface area contributed by atoms with Crippen LogP contribution in [0.3, 0.4) is 0 Å². The Hall–Kier alpha value is -2.66. The van der Waals surface area contributed by atoms with Gasteiger partial charge in [-0.15, -0.1) is 0 Å². The molecule has 11 nitrogen and oxygen atoms in total. The second-order valence-corrected chi connectivity index (χ2v) is 8.46. The lowest BCUT2D eigenvalue weighted by atomic mass is 9.89. The van der Waals surface area contributed by atoms with Crippen molar-refractivity contribution in [1.82, 2.24) is 20.6 Å². The molecule has 1 aromatic rings. The summed E-state index contributed by atoms with van der Waals surface area (Å²) in [5.74, 6) is -0.513. The molecule has 1 aromatic heterocycles. The van der Waals surface area contributed by atoms with Crippen LogP contribution >= 0.6 is 0 Å². The fourth-order valence-corrected chi connectivity index (χ4v) is 4.54. The summed E-state index contributed by atoms with van der Waals surface area (Å²) in [7, 11) is 0. The first-order valence-electron chi connectivity index (χ1n) is 10.9. The van der Waals surface area contributed by atoms with Crippen molar-refractivity contribution in [3.63, 3.8) is 0 Å². The van der Waals surface area contributed by atoms with E-state index in [2.05, 4.69) is 25.9 Å². The van der Waals surface area contributed by atoms with E-state index in [4.69, 9.17) is 15.2 Å². The molecule has 2 saturated heterocycles. The van der Waals surface area contributed by atoms with Gasteiger partial charge in [0.15, 0.2) is 0 Å². The zero-order valence-corrected chi connectivity index (χ0v) is 17.6. The van der Waals surface area contributed by atoms with Crippen LogP contribution in [0, 0.1) is 5.92 Å². The summed E-state index contributed by atoms with van der Waals surface area (Å²) in [6, 6.07) is -0.703. The molecule has 0 aromatic carbocycles. The number of nitrogens with two attached hydrogens (primary N) is 1. The van der Waals surface area contributed by atoms with Crippen LogP contribution in [0.1, 0.15) is 38.2 Å². The number of esters is 2. The van der Waals surface area contributed by atoms with Gasteiger partial charge in [0.2, 0.25) is 5.95 Å². The Morgan fingerprint density at radius 2 is 1.74 bits per heavy atom. The summed E-state index contributed by atoms with van der Waals surface area (Å²) in [6.07, 6.45) is 2.20. The van der Waals surface area contributed by atoms with E-state index < -0.39 is 12.2 Å². The Bertz CT molecular complexity index is 877. The average Bonchev–Trinajstić information content (AvgIpc) is 3.45. The van der Waals surface area contributed by atoms with Gasteiger partial charge >= 0.3 is 11.9 Å². The molecule has 0 saturated carbocycles. The molecular formula is C20H30N6O5. The van der Waals surface area contributed by atoms with Crippen molar-refractivity contribution in [2.75, 3.05) is 30.7 Å². The SMILES string of the molecule is C[C@H](OC(=O)[C@@H]1CCCN1)[C@H](OC(=O)[C@@H]1CCCN1)[C@H]1CNc2nc(N)[nH]c(=O)c2C1. The normalized spacial score (nSPS) is 27.1. The van der Waals surface area contributed by atoms with E-state index in [9.17, 15) is 14.4 Å². The number of hydrogen-bond donors (Lipinski definition) is 5. The van der Waals surface area contributed by atoms with Crippen LogP contribution in [0.25, 0.3) is 0 Å². The number of carbonyl (C=O) groups excluding carboxylic acids is 2. The van der Waals surface area contributed by atoms with Gasteiger partial charge in [0.05, 0.1) is 5.56 Å². The number of nitrogen functional groups attached to an aromatic ring is 1. The van der Waals surface area contributed by atoms with Gasteiger partial charge in [-0.05, 0) is 52.1 Å². The number of aromatic nitrogens is 2. The molecule has 4 rings (SSSR count). The van der Waals surface area contributed by atoms with Crippen molar-refractivity contribution >= 4 is 23.7 Å². The van der Waals surface area contributed by atoms with Crippen LogP contribution in [-0.4, -0.2) is 65.8 Å². The third-order valence-electron chi connectivity index (χ3n) is 6.20. The molecule has 0 amide bonds. The molecule has 0 radical (unpaired) electrons. The highest BCUT2D eigenvalue weighted by Crippen LogP contribution is 2.27. The van der Waals surface area contributed by atoms with Crippen molar-refractivity contribution in [3.8, 4) is 0 Å². The summed E-state index contributed by atoms with van der Waals surface area (Å²) >= 11 is 0. The summed E-state index contributed by atoms with van der Waals surface area (Å²) in [4.78, 5) is 44.3. The van der Waals surface area contributed by atoms with E-state index in [-0.39, 0.29) is 41.4 Å². The van der Waals surface area contributed by atoms with E-state index in [1.165, 1.54) is 0 Å². The second-order valence-electron chi connectivity index (χ2n) is 8.46. The number of anilines is 2. The number of nitrogens with zero attached hydrogens (tertiary/aromatic N) is 1. The van der Waals surface area contributed by atoms with Gasteiger partial charge in [0.25, 0.3) is 5.56 Å². The number of H-pyrrole nitrogens is 1. The molecule has 31 heavy (non-hydrogen) atoms. The largest absolute Gasteiger partial charge is 0.458 e. The van der Waals surface area contributed by atoms with Crippen LogP contribution < -0.4 is 27.2 Å². The van der Waals surface area contributed by atoms with Crippen molar-refractivity contribution in [2.45, 2.75) is 63.3 Å². The first-order valence-corrected chi connectivity index (χ1v) is 10.9. The Balaban J connectivity index is 1.51. The lowest BCUT2D eigenvalue weighted by Crippen LogP contribution is -2.48. The summed E-state index contributed by atoms with van der Waals surface area (Å²) in [6.45, 7) is 3.68. The van der Waals surface area contributed by atoms with Gasteiger partial charge in [-0.3, -0.25) is 19.4 Å². The number of ether oxygens (including phenoxy) is 2. The minimum atomic E-state index is -0.710. The van der Waals surface area contributed by atoms with E-state index >= 15 is 0 Å². The van der Waals surface area contributed by atoms with Crippen LogP contribution in [0.4, 0.5) is 11.8 Å². The highest BCUT2D eigenvalue weighted by atomic mass is 16.6. The quantitative estimate of drug-likeness (QED) is 0.362. The molecule has 2 fully saturated rings. The molecule has 3 aliphatic heterocycles. The zero-order chi connectivity index (χ0) is 22.0. The van der Waals surface area contributed by atoms with Gasteiger partial charge < -0.3 is 31.2 Å². The molecule has 0 unspecified atom stereocenters. The van der Waals surface area contributed by atoms with Crippen LogP contribution in [0.15, 0.2) is 4.79 Å². The van der Waals surface area contributed by atoms with Crippen molar-refractivity contribution in [3.05, 3.63) is 15.9 Å². The summed E-state index contributed by atoms with van der Waals surface area (Å²) < 4.78 is 11.6. The fraction of sp³-hybridized carbons (Fsp3) is 0.700. The van der Waals surface area contributed by atoms with Crippen molar-refractivity contribution in [2.24, 2.45) is 5.92 Å². The molecule has 5 atom stereocenters. The number of rotatable bonds is 6. The Morgan fingerprint density at radius 3 is 2.35 bits per heavy atom. The highest BCUT2D eigenvalue weighted by Gasteiger charge is 2.39. The van der Waals surface area contributed by atoms with Gasteiger partial charge in [0, 0.05) is 12.5 Å². The second kappa shape index (κ2) is 9.23. The lowest BCUT2D eigenvalue weighted by Gasteiger charge is -2.35. The van der Waals surface area contributed by atoms with Crippen molar-refractivity contribution in [1.29, 1.82) is 0 Å². The highest BCUT2D eigenvalue weighted by molar-refractivity contribution is 5.77. The topological polar surface area (TPSA) is 160 Å². The minimum absolute atomic E-state index is 0.0383. The van der Waals surface area contributed by atoms with E-state index in [1.54, 1.807) is 6.92 Å². The third kappa shape index (κ3) is 4.82. The Morgan fingerprint density at radius 1 is 1.10 bits per heavy atom. The number of hydrogen-bond acceptors (Lipinski definition) is 10. The third-order valence-corrected chi connectivity index (χ3v) is 6.20. The standard InChI is InChI=1S/C20H30N6O5/c1-10(30-18(28)13-4-2-6-22-13)15(31-19(29)14-5-3-7-23-14)11-8-12-16(24-9-11)25-20(21)26-17(12)27/h10-11,13-15,22-23H,2-9H2,1H3,(H4,21,24,25,26,27)/t10-,11+,13-,14-,15-/m0/s1. The molecule has 11 heteroatoms. The minimum Gasteiger partial charge on any atom is -0.458 e. The maximum atomic E-state index is 12.7. The maximum Gasteiger partial charge on any atom is 0.323 e. The number of fused-ring (bicyclic) bond motifs is 1. The smallest absolute Gasteiger partial charge is 0.323 e. The van der Waals surface area contributed by atoms with Crippen LogP contribution in [-0.2, 0) is 25.5 Å². The molecule has 0 aliphatic carbocycles. The van der Waals surface area contributed by atoms with Gasteiger partial charge in [0.1, 0.15) is 30.1 Å². The Labute approximate surface area is 179 Å². The predicted octanol–water partition coefficient (Wildman–Crippen LogP) is -0.716. The van der Waals surface area contributed by atoms with Gasteiger partial charge in [-0.2, -0.15) is 4.98 Å². The monoisotopic (exact) mass is 434 g/mol. The molecule has 3 aliphatic rings. The predicted molar refractivity (Wildman–Crippen MR) is 112 cm³/mol. The molecule has 170 valence electrons. The van der Waals surface area contributed by atoms with Gasteiger partial charge in [-0.1, -0.05) is 0 Å². The van der Waals surface area contributed by atoms with E-state index in [0.29, 0.717) is 30.8 Å². The zero-order valence-electron chi connectivity index (χ0n) is 17.6. The van der Waals surface area contributed by atoms with E-state index in [1.807, 2.05) is 0 Å². The first-order chi connectivity index (χ1) is 14.9. The maximum absolute atomic E-state index is 12.7. The lowest BCUT2D eigenvalue weighted by molar-refractivity contribution is -0.173. The van der Waals surface area contributed by atoms with Crippen LogP contribution in [0.5, 0.6) is 0 Å². The fourth-order valence-electron chi connectivity index (χ4n) is 4.54. The molecular weight excluding hydrogens is 404 g/mol. The number of carbonyl (C=O) groups is 2. The molecule has 6 N–H and O–H groups in total. The molecule has 0 bridgehead atoms. The van der Waals surface area contributed by atoms with Crippen LogP contribution in [0.2, 0.25) is 0 Å². The summed E-state index contributed by atoms with van der Waals surface area (Å²) in [5, 5.41) is 9.36. The molecule has 0 spiro atoms.